The molecule has 0 spiro atoms. The fraction of sp³-hybridized carbons (Fsp3) is 0.182. The summed E-state index contributed by atoms with van der Waals surface area (Å²) in [5, 5.41) is 2.03. The predicted molar refractivity (Wildman–Crippen MR) is 111 cm³/mol. The number of rotatable bonds is 7. The van der Waals surface area contributed by atoms with Crippen LogP contribution >= 0.6 is 11.3 Å². The van der Waals surface area contributed by atoms with Gasteiger partial charge >= 0.3 is 0 Å². The average Bonchev–Trinajstić information content (AvgIpc) is 3.39. The fourth-order valence-electron chi connectivity index (χ4n) is 3.01. The molecule has 1 amide bonds. The van der Waals surface area contributed by atoms with E-state index in [0.717, 1.165) is 17.1 Å². The van der Waals surface area contributed by atoms with Crippen LogP contribution in [0, 0.1) is 0 Å². The number of imidazole rings is 1. The molecule has 0 bridgehead atoms. The highest BCUT2D eigenvalue weighted by Crippen LogP contribution is 2.18. The number of benzene rings is 1. The van der Waals surface area contributed by atoms with Crippen molar-refractivity contribution in [3.8, 4) is 5.75 Å². The molecule has 0 saturated heterocycles. The van der Waals surface area contributed by atoms with Gasteiger partial charge < -0.3 is 14.0 Å². The Bertz CT molecular complexity index is 1020. The first-order valence-electron chi connectivity index (χ1n) is 9.20. The third kappa shape index (κ3) is 4.07. The number of hydrogen-bond acceptors (Lipinski definition) is 4. The lowest BCUT2D eigenvalue weighted by Crippen LogP contribution is -2.29. The van der Waals surface area contributed by atoms with Gasteiger partial charge in [0.25, 0.3) is 5.91 Å². The van der Waals surface area contributed by atoms with Crippen molar-refractivity contribution in [2.75, 3.05) is 6.54 Å². The van der Waals surface area contributed by atoms with E-state index in [9.17, 15) is 4.79 Å². The van der Waals surface area contributed by atoms with Crippen molar-refractivity contribution in [1.29, 1.82) is 0 Å². The lowest BCUT2D eigenvalue weighted by atomic mass is 10.2. The molecule has 28 heavy (non-hydrogen) atoms. The predicted octanol–water partition coefficient (Wildman–Crippen LogP) is 4.64. The van der Waals surface area contributed by atoms with Crippen LogP contribution in [0.25, 0.3) is 5.65 Å². The van der Waals surface area contributed by atoms with Crippen molar-refractivity contribution in [3.63, 3.8) is 0 Å². The highest BCUT2D eigenvalue weighted by Gasteiger charge is 2.15. The molecule has 4 rings (SSSR count). The van der Waals surface area contributed by atoms with Crippen LogP contribution in [-0.2, 0) is 13.2 Å². The zero-order valence-corrected chi connectivity index (χ0v) is 16.4. The normalized spacial score (nSPS) is 10.9. The van der Waals surface area contributed by atoms with Gasteiger partial charge in [0.05, 0.1) is 12.2 Å². The Morgan fingerprint density at radius 3 is 2.71 bits per heavy atom. The molecule has 6 heteroatoms. The summed E-state index contributed by atoms with van der Waals surface area (Å²) in [6, 6.07) is 17.2. The number of amides is 1. The summed E-state index contributed by atoms with van der Waals surface area (Å²) in [7, 11) is 0. The number of nitrogens with zero attached hydrogens (tertiary/aromatic N) is 3. The highest BCUT2D eigenvalue weighted by molar-refractivity contribution is 7.09. The van der Waals surface area contributed by atoms with Crippen LogP contribution in [0.1, 0.15) is 27.9 Å². The molecule has 4 aromatic rings. The van der Waals surface area contributed by atoms with Crippen LogP contribution in [0.2, 0.25) is 0 Å². The largest absolute Gasteiger partial charge is 0.487 e. The van der Waals surface area contributed by atoms with Crippen LogP contribution in [-0.4, -0.2) is 26.7 Å². The maximum Gasteiger partial charge on any atom is 0.254 e. The van der Waals surface area contributed by atoms with E-state index in [0.29, 0.717) is 25.3 Å². The second-order valence-electron chi connectivity index (χ2n) is 6.41. The Hall–Kier alpha value is -3.12. The Morgan fingerprint density at radius 2 is 2.00 bits per heavy atom. The van der Waals surface area contributed by atoms with Crippen LogP contribution < -0.4 is 4.74 Å². The lowest BCUT2D eigenvalue weighted by Gasteiger charge is -2.20. The number of ether oxygens (including phenoxy) is 1. The fourth-order valence-corrected chi connectivity index (χ4v) is 3.73. The topological polar surface area (TPSA) is 46.8 Å². The van der Waals surface area contributed by atoms with Crippen molar-refractivity contribution in [2.24, 2.45) is 0 Å². The molecule has 0 radical (unpaired) electrons. The molecule has 0 fully saturated rings. The Balaban J connectivity index is 1.39. The molecule has 3 heterocycles. The van der Waals surface area contributed by atoms with E-state index >= 15 is 0 Å². The zero-order valence-electron chi connectivity index (χ0n) is 15.6. The van der Waals surface area contributed by atoms with E-state index in [-0.39, 0.29) is 5.91 Å². The van der Waals surface area contributed by atoms with Gasteiger partial charge in [0.2, 0.25) is 0 Å². The highest BCUT2D eigenvalue weighted by atomic mass is 32.1. The summed E-state index contributed by atoms with van der Waals surface area (Å²) < 4.78 is 7.79. The van der Waals surface area contributed by atoms with E-state index in [1.54, 1.807) is 11.3 Å². The summed E-state index contributed by atoms with van der Waals surface area (Å²) in [5.74, 6) is 0.748. The smallest absolute Gasteiger partial charge is 0.254 e. The molecule has 0 unspecified atom stereocenters. The van der Waals surface area contributed by atoms with E-state index in [1.807, 2.05) is 82.5 Å². The Labute approximate surface area is 167 Å². The van der Waals surface area contributed by atoms with Gasteiger partial charge in [-0.3, -0.25) is 4.79 Å². The van der Waals surface area contributed by atoms with Crippen LogP contribution in [0.15, 0.2) is 72.4 Å². The van der Waals surface area contributed by atoms with E-state index < -0.39 is 0 Å². The van der Waals surface area contributed by atoms with Gasteiger partial charge in [-0.25, -0.2) is 4.98 Å². The molecular formula is C22H21N3O2S. The molecule has 3 aromatic heterocycles. The number of aromatic nitrogens is 2. The summed E-state index contributed by atoms with van der Waals surface area (Å²) >= 11 is 1.67. The van der Waals surface area contributed by atoms with E-state index in [4.69, 9.17) is 4.74 Å². The first-order chi connectivity index (χ1) is 13.7. The number of fused-ring (bicyclic) bond motifs is 1. The van der Waals surface area contributed by atoms with Crippen molar-refractivity contribution < 1.29 is 9.53 Å². The van der Waals surface area contributed by atoms with E-state index in [1.165, 1.54) is 4.88 Å². The molecule has 1 aromatic carbocycles. The maximum absolute atomic E-state index is 12.8. The minimum atomic E-state index is 0.0304. The summed E-state index contributed by atoms with van der Waals surface area (Å²) in [6.07, 6.45) is 3.92. The van der Waals surface area contributed by atoms with Crippen LogP contribution in [0.3, 0.4) is 0 Å². The van der Waals surface area contributed by atoms with Crippen LogP contribution in [0.5, 0.6) is 5.75 Å². The van der Waals surface area contributed by atoms with E-state index in [2.05, 4.69) is 11.1 Å². The third-order valence-corrected chi connectivity index (χ3v) is 5.36. The molecule has 0 aliphatic carbocycles. The molecule has 5 nitrogen and oxygen atoms in total. The maximum atomic E-state index is 12.8. The number of carbonyl (C=O) groups excluding carboxylic acids is 1. The van der Waals surface area contributed by atoms with Crippen molar-refractivity contribution in [1.82, 2.24) is 14.3 Å². The monoisotopic (exact) mass is 391 g/mol. The second kappa shape index (κ2) is 8.27. The van der Waals surface area contributed by atoms with Gasteiger partial charge in [-0.1, -0.05) is 12.1 Å². The molecule has 0 saturated carbocycles. The second-order valence-corrected chi connectivity index (χ2v) is 7.44. The molecule has 0 N–H and O–H groups in total. The minimum absolute atomic E-state index is 0.0304. The summed E-state index contributed by atoms with van der Waals surface area (Å²) in [5.41, 5.74) is 2.42. The Kier molecular flexibility index (Phi) is 5.39. The SMILES string of the molecule is CCN(Cc1cccs1)C(=O)c1ccc(OCc2cn3ccccc3n2)cc1. The zero-order chi connectivity index (χ0) is 19.3. The molecule has 0 aliphatic rings. The average molecular weight is 391 g/mol. The molecule has 142 valence electrons. The van der Waals surface area contributed by atoms with Gasteiger partial charge in [0.1, 0.15) is 18.0 Å². The van der Waals surface area contributed by atoms with Crippen molar-refractivity contribution in [2.45, 2.75) is 20.1 Å². The number of carbonyl (C=O) groups is 1. The van der Waals surface area contributed by atoms with Crippen molar-refractivity contribution >= 4 is 22.9 Å². The van der Waals surface area contributed by atoms with Gasteiger partial charge in [0, 0.05) is 29.4 Å². The number of hydrogen-bond donors (Lipinski definition) is 0. The quantitative estimate of drug-likeness (QED) is 0.461. The van der Waals surface area contributed by atoms with Gasteiger partial charge in [-0.05, 0) is 54.8 Å². The summed E-state index contributed by atoms with van der Waals surface area (Å²) in [6.45, 7) is 3.69. The third-order valence-electron chi connectivity index (χ3n) is 4.50. The standard InChI is InChI=1S/C22H21N3O2S/c1-2-24(15-20-6-5-13-28-20)22(26)17-8-10-19(11-9-17)27-16-18-14-25-12-4-3-7-21(25)23-18/h3-14H,2,15-16H2,1H3. The van der Waals surface area contributed by atoms with Gasteiger partial charge in [-0.2, -0.15) is 0 Å². The van der Waals surface area contributed by atoms with Gasteiger partial charge in [-0.15, -0.1) is 11.3 Å². The number of pyridine rings is 1. The molecule has 0 atom stereocenters. The minimum Gasteiger partial charge on any atom is -0.487 e. The first kappa shape index (κ1) is 18.3. The van der Waals surface area contributed by atoms with Crippen molar-refractivity contribution in [3.05, 3.63) is 88.5 Å². The number of thiophene rings is 1. The lowest BCUT2D eigenvalue weighted by molar-refractivity contribution is 0.0754. The molecular weight excluding hydrogens is 370 g/mol. The van der Waals surface area contributed by atoms with Crippen LogP contribution in [0.4, 0.5) is 0 Å². The molecule has 0 aliphatic heterocycles. The Morgan fingerprint density at radius 1 is 1.14 bits per heavy atom. The first-order valence-corrected chi connectivity index (χ1v) is 10.1. The van der Waals surface area contributed by atoms with Gasteiger partial charge in [0.15, 0.2) is 0 Å². The summed E-state index contributed by atoms with van der Waals surface area (Å²) in [4.78, 5) is 20.3.